The highest BCUT2D eigenvalue weighted by Gasteiger charge is 2.55. The molecule has 0 radical (unpaired) electrons. The van der Waals surface area contributed by atoms with E-state index in [2.05, 4.69) is 0 Å². The van der Waals surface area contributed by atoms with Gasteiger partial charge in [0, 0.05) is 10.5 Å². The molecule has 1 aliphatic carbocycles. The minimum Gasteiger partial charge on any atom is -0.295 e. The zero-order valence-corrected chi connectivity index (χ0v) is 13.1. The van der Waals surface area contributed by atoms with Gasteiger partial charge in [-0.2, -0.15) is 0 Å². The van der Waals surface area contributed by atoms with E-state index < -0.39 is 28.4 Å². The molecule has 4 rings (SSSR count). The summed E-state index contributed by atoms with van der Waals surface area (Å²) in [6.07, 6.45) is 1.68. The monoisotopic (exact) mass is 331 g/mol. The van der Waals surface area contributed by atoms with Crippen LogP contribution in [0.2, 0.25) is 0 Å². The van der Waals surface area contributed by atoms with Gasteiger partial charge in [-0.25, -0.2) is 0 Å². The van der Waals surface area contributed by atoms with Crippen molar-refractivity contribution in [2.45, 2.75) is 12.0 Å². The number of benzene rings is 3. The van der Waals surface area contributed by atoms with Crippen molar-refractivity contribution in [3.63, 3.8) is 0 Å². The predicted molar refractivity (Wildman–Crippen MR) is 93.9 cm³/mol. The largest absolute Gasteiger partial charge is 0.315 e. The maximum atomic E-state index is 12.5. The van der Waals surface area contributed by atoms with E-state index in [9.17, 15) is 19.7 Å². The van der Waals surface area contributed by atoms with E-state index in [1.54, 1.807) is 18.2 Å². The topological polar surface area (TPSA) is 77.3 Å². The molecule has 3 aromatic carbocycles. The van der Waals surface area contributed by atoms with Crippen LogP contribution in [0.15, 0.2) is 66.7 Å². The third-order valence-corrected chi connectivity index (χ3v) is 4.80. The fourth-order valence-electron chi connectivity index (χ4n) is 3.59. The summed E-state index contributed by atoms with van der Waals surface area (Å²) in [4.78, 5) is 35.8. The van der Waals surface area contributed by atoms with E-state index >= 15 is 0 Å². The highest BCUT2D eigenvalue weighted by molar-refractivity contribution is 6.14. The van der Waals surface area contributed by atoms with Crippen molar-refractivity contribution in [3.05, 3.63) is 82.4 Å². The van der Waals surface area contributed by atoms with Crippen molar-refractivity contribution in [2.75, 3.05) is 0 Å². The number of hydrogen-bond acceptors (Lipinski definition) is 4. The fourth-order valence-corrected chi connectivity index (χ4v) is 3.59. The minimum atomic E-state index is -2.06. The van der Waals surface area contributed by atoms with Gasteiger partial charge in [-0.3, -0.25) is 19.7 Å². The SMILES string of the molecule is O=C1C=CC(=O)C(c2cccc3c2ccc2ccccc23)([N+](=O)[O-])C1. The second kappa shape index (κ2) is 5.34. The zero-order valence-electron chi connectivity index (χ0n) is 13.1. The van der Waals surface area contributed by atoms with Crippen LogP contribution in [0.4, 0.5) is 0 Å². The normalized spacial score (nSPS) is 20.3. The number of nitrogens with zero attached hydrogens (tertiary/aromatic N) is 1. The fraction of sp³-hybridized carbons (Fsp3) is 0.100. The molecule has 0 aromatic heterocycles. The van der Waals surface area contributed by atoms with E-state index in [-0.39, 0.29) is 5.56 Å². The summed E-state index contributed by atoms with van der Waals surface area (Å²) in [6, 6.07) is 16.5. The Bertz CT molecular complexity index is 1100. The Labute approximate surface area is 142 Å². The van der Waals surface area contributed by atoms with Gasteiger partial charge in [0.2, 0.25) is 5.78 Å². The lowest BCUT2D eigenvalue weighted by atomic mass is 9.76. The van der Waals surface area contributed by atoms with E-state index in [1.807, 2.05) is 36.4 Å². The molecular formula is C20H13NO4. The quantitative estimate of drug-likeness (QED) is 0.409. The Morgan fingerprint density at radius 2 is 1.60 bits per heavy atom. The average molecular weight is 331 g/mol. The van der Waals surface area contributed by atoms with Crippen LogP contribution in [0, 0.1) is 10.1 Å². The van der Waals surface area contributed by atoms with Crippen molar-refractivity contribution in [2.24, 2.45) is 0 Å². The van der Waals surface area contributed by atoms with Gasteiger partial charge in [-0.05, 0) is 33.7 Å². The second-order valence-corrected chi connectivity index (χ2v) is 6.15. The van der Waals surface area contributed by atoms with Crippen LogP contribution >= 0.6 is 0 Å². The van der Waals surface area contributed by atoms with E-state index in [0.29, 0.717) is 5.39 Å². The molecule has 5 nitrogen and oxygen atoms in total. The first-order chi connectivity index (χ1) is 12.0. The smallest absolute Gasteiger partial charge is 0.295 e. The van der Waals surface area contributed by atoms with Crippen LogP contribution in [0.1, 0.15) is 12.0 Å². The molecule has 0 N–H and O–H groups in total. The van der Waals surface area contributed by atoms with Crippen LogP contribution in [0.25, 0.3) is 21.5 Å². The number of allylic oxidation sites excluding steroid dienone is 1. The van der Waals surface area contributed by atoms with Crippen molar-refractivity contribution >= 4 is 33.1 Å². The molecule has 0 spiro atoms. The van der Waals surface area contributed by atoms with Gasteiger partial charge in [0.25, 0.3) is 0 Å². The summed E-state index contributed by atoms with van der Waals surface area (Å²) < 4.78 is 0. The molecule has 1 unspecified atom stereocenters. The highest BCUT2D eigenvalue weighted by Crippen LogP contribution is 2.39. The standard InChI is InChI=1S/C20H13NO4/c22-14-9-11-19(23)20(12-14,21(24)25)18-7-3-6-16-15-5-2-1-4-13(15)8-10-17(16)18/h1-11H,12H2. The van der Waals surface area contributed by atoms with Crippen molar-refractivity contribution in [1.82, 2.24) is 0 Å². The van der Waals surface area contributed by atoms with Crippen molar-refractivity contribution < 1.29 is 14.5 Å². The molecule has 0 saturated heterocycles. The molecule has 0 aliphatic heterocycles. The summed E-state index contributed by atoms with van der Waals surface area (Å²) in [5, 5.41) is 15.3. The van der Waals surface area contributed by atoms with E-state index in [0.717, 1.165) is 28.3 Å². The lowest BCUT2D eigenvalue weighted by Crippen LogP contribution is -2.46. The van der Waals surface area contributed by atoms with Gasteiger partial charge in [0.1, 0.15) is 0 Å². The van der Waals surface area contributed by atoms with Crippen LogP contribution in [0.3, 0.4) is 0 Å². The third kappa shape index (κ3) is 2.09. The number of carbonyl (C=O) groups is 2. The predicted octanol–water partition coefficient (Wildman–Crippen LogP) is 3.56. The third-order valence-electron chi connectivity index (χ3n) is 4.80. The summed E-state index contributed by atoms with van der Waals surface area (Å²) in [7, 11) is 0. The molecule has 0 saturated carbocycles. The van der Waals surface area contributed by atoms with Crippen molar-refractivity contribution in [3.8, 4) is 0 Å². The molecule has 5 heteroatoms. The van der Waals surface area contributed by atoms with Gasteiger partial charge in [-0.15, -0.1) is 0 Å². The highest BCUT2D eigenvalue weighted by atomic mass is 16.6. The minimum absolute atomic E-state index is 0.267. The summed E-state index contributed by atoms with van der Waals surface area (Å²) in [6.45, 7) is 0. The second-order valence-electron chi connectivity index (χ2n) is 6.15. The summed E-state index contributed by atoms with van der Waals surface area (Å²) >= 11 is 0. The first-order valence-corrected chi connectivity index (χ1v) is 7.85. The number of carbonyl (C=O) groups excluding carboxylic acids is 2. The molecule has 25 heavy (non-hydrogen) atoms. The molecule has 0 fully saturated rings. The first-order valence-electron chi connectivity index (χ1n) is 7.85. The Morgan fingerprint density at radius 3 is 2.40 bits per heavy atom. The van der Waals surface area contributed by atoms with Gasteiger partial charge in [-0.1, -0.05) is 54.6 Å². The number of hydrogen-bond donors (Lipinski definition) is 0. The summed E-state index contributed by atoms with van der Waals surface area (Å²) in [5.41, 5.74) is -1.79. The van der Waals surface area contributed by atoms with Crippen LogP contribution in [-0.2, 0) is 15.1 Å². The average Bonchev–Trinajstić information content (AvgIpc) is 2.63. The molecule has 122 valence electrons. The van der Waals surface area contributed by atoms with E-state index in [1.165, 1.54) is 0 Å². The number of fused-ring (bicyclic) bond motifs is 3. The molecular weight excluding hydrogens is 318 g/mol. The Morgan fingerprint density at radius 1 is 0.840 bits per heavy atom. The Kier molecular flexibility index (Phi) is 3.25. The Balaban J connectivity index is 2.11. The van der Waals surface area contributed by atoms with E-state index in [4.69, 9.17) is 0 Å². The van der Waals surface area contributed by atoms with Gasteiger partial charge in [0.15, 0.2) is 5.78 Å². The maximum Gasteiger partial charge on any atom is 0.315 e. The van der Waals surface area contributed by atoms with Gasteiger partial charge >= 0.3 is 5.54 Å². The lowest BCUT2D eigenvalue weighted by molar-refractivity contribution is -0.558. The number of ketones is 2. The molecule has 1 aliphatic rings. The Hall–Kier alpha value is -3.34. The lowest BCUT2D eigenvalue weighted by Gasteiger charge is -2.25. The van der Waals surface area contributed by atoms with Crippen LogP contribution in [0.5, 0.6) is 0 Å². The van der Waals surface area contributed by atoms with Gasteiger partial charge < -0.3 is 0 Å². The first kappa shape index (κ1) is 15.2. The van der Waals surface area contributed by atoms with Crippen LogP contribution < -0.4 is 0 Å². The molecule has 0 heterocycles. The van der Waals surface area contributed by atoms with Crippen LogP contribution in [-0.4, -0.2) is 16.5 Å². The summed E-state index contributed by atoms with van der Waals surface area (Å²) in [5.74, 6) is -1.09. The van der Waals surface area contributed by atoms with Gasteiger partial charge in [0.05, 0.1) is 6.42 Å². The zero-order chi connectivity index (χ0) is 17.6. The molecule has 3 aromatic rings. The maximum absolute atomic E-state index is 12.5. The molecule has 1 atom stereocenters. The molecule has 0 bridgehead atoms. The number of rotatable bonds is 2. The molecule has 0 amide bonds. The van der Waals surface area contributed by atoms with Crippen molar-refractivity contribution in [1.29, 1.82) is 0 Å². The number of nitro groups is 1.